The van der Waals surface area contributed by atoms with E-state index in [1.165, 1.54) is 0 Å². The summed E-state index contributed by atoms with van der Waals surface area (Å²) in [5.41, 5.74) is 2.21. The Morgan fingerprint density at radius 2 is 2.05 bits per heavy atom. The number of benzene rings is 2. The Morgan fingerprint density at radius 3 is 2.86 bits per heavy atom. The molecule has 0 aliphatic carbocycles. The first-order valence-electron chi connectivity index (χ1n) is 6.97. The maximum absolute atomic E-state index is 12.7. The number of hydrogen-bond donors (Lipinski definition) is 1. The van der Waals surface area contributed by atoms with Crippen LogP contribution in [0.4, 0.5) is 5.69 Å². The average molecular weight is 283 g/mol. The van der Waals surface area contributed by atoms with Crippen molar-refractivity contribution in [1.29, 1.82) is 0 Å². The van der Waals surface area contributed by atoms with E-state index in [0.717, 1.165) is 18.4 Å². The fourth-order valence-electron chi connectivity index (χ4n) is 2.75. The number of rotatable bonds is 2. The molecule has 0 atom stereocenters. The first-order chi connectivity index (χ1) is 10.2. The summed E-state index contributed by atoms with van der Waals surface area (Å²) in [6.07, 6.45) is 1.78. The lowest BCUT2D eigenvalue weighted by molar-refractivity contribution is 0.0984. The lowest BCUT2D eigenvalue weighted by Gasteiger charge is -2.30. The fourth-order valence-corrected chi connectivity index (χ4v) is 2.75. The van der Waals surface area contributed by atoms with Gasteiger partial charge >= 0.3 is 0 Å². The summed E-state index contributed by atoms with van der Waals surface area (Å²) in [5.74, 6) is 0.690. The van der Waals surface area contributed by atoms with E-state index >= 15 is 0 Å². The first kappa shape index (κ1) is 13.5. The van der Waals surface area contributed by atoms with Gasteiger partial charge in [-0.05, 0) is 42.7 Å². The van der Waals surface area contributed by atoms with Crippen LogP contribution in [0.25, 0.3) is 0 Å². The Morgan fingerprint density at radius 1 is 1.24 bits per heavy atom. The van der Waals surface area contributed by atoms with Crippen molar-refractivity contribution in [3.05, 3.63) is 53.6 Å². The van der Waals surface area contributed by atoms with Crippen molar-refractivity contribution in [3.63, 3.8) is 0 Å². The number of carbonyl (C=O) groups is 1. The second kappa shape index (κ2) is 5.48. The van der Waals surface area contributed by atoms with Crippen LogP contribution in [-0.4, -0.2) is 24.7 Å². The Bertz CT molecular complexity index is 681. The molecule has 108 valence electrons. The number of ether oxygens (including phenoxy) is 1. The molecule has 0 saturated heterocycles. The number of hydrogen-bond acceptors (Lipinski definition) is 3. The van der Waals surface area contributed by atoms with E-state index in [2.05, 4.69) is 0 Å². The minimum absolute atomic E-state index is 0.114. The van der Waals surface area contributed by atoms with Crippen LogP contribution in [0.1, 0.15) is 22.3 Å². The Balaban J connectivity index is 2.00. The van der Waals surface area contributed by atoms with Gasteiger partial charge in [-0.2, -0.15) is 0 Å². The van der Waals surface area contributed by atoms with Crippen LogP contribution < -0.4 is 9.64 Å². The molecule has 0 bridgehead atoms. The molecule has 0 unspecified atom stereocenters. The zero-order chi connectivity index (χ0) is 14.8. The molecule has 1 heterocycles. The summed E-state index contributed by atoms with van der Waals surface area (Å²) in [6.45, 7) is 0.612. The van der Waals surface area contributed by atoms with Gasteiger partial charge in [0.15, 0.2) is 0 Å². The number of aromatic hydroxyl groups is 1. The van der Waals surface area contributed by atoms with Crippen molar-refractivity contribution >= 4 is 11.6 Å². The molecule has 0 fully saturated rings. The van der Waals surface area contributed by atoms with Crippen molar-refractivity contribution in [2.75, 3.05) is 18.6 Å². The van der Waals surface area contributed by atoms with Gasteiger partial charge in [-0.15, -0.1) is 0 Å². The third-order valence-corrected chi connectivity index (χ3v) is 3.76. The number of methoxy groups -OCH3 is 1. The zero-order valence-electron chi connectivity index (χ0n) is 11.9. The molecule has 1 aliphatic rings. The molecule has 2 aromatic rings. The molecular weight excluding hydrogens is 266 g/mol. The molecule has 0 saturated carbocycles. The molecule has 0 radical (unpaired) electrons. The highest BCUT2D eigenvalue weighted by Crippen LogP contribution is 2.36. The van der Waals surface area contributed by atoms with Gasteiger partial charge in [0, 0.05) is 12.1 Å². The van der Waals surface area contributed by atoms with Gasteiger partial charge < -0.3 is 14.7 Å². The lowest BCUT2D eigenvalue weighted by Crippen LogP contribution is -2.35. The van der Waals surface area contributed by atoms with Crippen LogP contribution in [0.5, 0.6) is 11.5 Å². The highest BCUT2D eigenvalue weighted by atomic mass is 16.5. The van der Waals surface area contributed by atoms with Gasteiger partial charge in [0.1, 0.15) is 11.5 Å². The van der Waals surface area contributed by atoms with E-state index in [1.807, 2.05) is 12.1 Å². The SMILES string of the molecule is COc1cccc(C(=O)N2CCCc3cccc(O)c32)c1. The number of aryl methyl sites for hydroxylation is 1. The average Bonchev–Trinajstić information content (AvgIpc) is 2.54. The Labute approximate surface area is 123 Å². The van der Waals surface area contributed by atoms with Crippen LogP contribution in [-0.2, 0) is 6.42 Å². The number of carbonyl (C=O) groups excluding carboxylic acids is 1. The molecule has 0 spiro atoms. The third-order valence-electron chi connectivity index (χ3n) is 3.76. The minimum Gasteiger partial charge on any atom is -0.506 e. The molecule has 4 nitrogen and oxygen atoms in total. The Kier molecular flexibility index (Phi) is 3.52. The number of nitrogens with zero attached hydrogens (tertiary/aromatic N) is 1. The lowest BCUT2D eigenvalue weighted by atomic mass is 10.00. The molecule has 1 amide bonds. The molecule has 21 heavy (non-hydrogen) atoms. The molecule has 3 rings (SSSR count). The standard InChI is InChI=1S/C17H17NO3/c1-21-14-8-2-6-13(11-14)17(20)18-10-4-7-12-5-3-9-15(19)16(12)18/h2-3,5-6,8-9,11,19H,4,7,10H2,1H3. The summed E-state index contributed by atoms with van der Waals surface area (Å²) in [5, 5.41) is 10.1. The predicted molar refractivity (Wildman–Crippen MR) is 81.1 cm³/mol. The van der Waals surface area contributed by atoms with Gasteiger partial charge in [-0.3, -0.25) is 4.79 Å². The number of para-hydroxylation sites is 1. The van der Waals surface area contributed by atoms with Crippen molar-refractivity contribution < 1.29 is 14.6 Å². The van der Waals surface area contributed by atoms with Gasteiger partial charge in [-0.25, -0.2) is 0 Å². The topological polar surface area (TPSA) is 49.8 Å². The van der Waals surface area contributed by atoms with E-state index in [4.69, 9.17) is 4.74 Å². The van der Waals surface area contributed by atoms with Gasteiger partial charge in [0.05, 0.1) is 12.8 Å². The van der Waals surface area contributed by atoms with Crippen molar-refractivity contribution in [2.24, 2.45) is 0 Å². The number of amides is 1. The van der Waals surface area contributed by atoms with Crippen LogP contribution in [0.3, 0.4) is 0 Å². The predicted octanol–water partition coefficient (Wildman–Crippen LogP) is 2.99. The Hall–Kier alpha value is -2.49. The molecule has 1 aliphatic heterocycles. The zero-order valence-corrected chi connectivity index (χ0v) is 11.9. The van der Waals surface area contributed by atoms with Gasteiger partial charge in [-0.1, -0.05) is 18.2 Å². The fraction of sp³-hybridized carbons (Fsp3) is 0.235. The van der Waals surface area contributed by atoms with Gasteiger partial charge in [0.25, 0.3) is 5.91 Å². The quantitative estimate of drug-likeness (QED) is 0.921. The largest absolute Gasteiger partial charge is 0.506 e. The molecule has 4 heteroatoms. The number of phenols is 1. The molecular formula is C17H17NO3. The smallest absolute Gasteiger partial charge is 0.258 e. The van der Waals surface area contributed by atoms with Crippen molar-refractivity contribution in [3.8, 4) is 11.5 Å². The summed E-state index contributed by atoms with van der Waals surface area (Å²) in [6, 6.07) is 12.5. The second-order valence-electron chi connectivity index (χ2n) is 5.08. The van der Waals surface area contributed by atoms with Crippen molar-refractivity contribution in [2.45, 2.75) is 12.8 Å². The number of fused-ring (bicyclic) bond motifs is 1. The first-order valence-corrected chi connectivity index (χ1v) is 6.97. The van der Waals surface area contributed by atoms with Crippen LogP contribution in [0, 0.1) is 0 Å². The number of anilines is 1. The maximum Gasteiger partial charge on any atom is 0.258 e. The minimum atomic E-state index is -0.114. The molecule has 1 N–H and O–H groups in total. The van der Waals surface area contributed by atoms with E-state index < -0.39 is 0 Å². The number of phenolic OH excluding ortho intramolecular Hbond substituents is 1. The monoisotopic (exact) mass is 283 g/mol. The van der Waals surface area contributed by atoms with E-state index in [0.29, 0.717) is 23.5 Å². The van der Waals surface area contributed by atoms with E-state index in [9.17, 15) is 9.90 Å². The highest BCUT2D eigenvalue weighted by Gasteiger charge is 2.26. The summed E-state index contributed by atoms with van der Waals surface area (Å²) in [4.78, 5) is 14.4. The van der Waals surface area contributed by atoms with E-state index in [-0.39, 0.29) is 11.7 Å². The summed E-state index contributed by atoms with van der Waals surface area (Å²) < 4.78 is 5.17. The summed E-state index contributed by atoms with van der Waals surface area (Å²) >= 11 is 0. The third kappa shape index (κ3) is 2.44. The highest BCUT2D eigenvalue weighted by molar-refractivity contribution is 6.07. The van der Waals surface area contributed by atoms with Crippen LogP contribution in [0.2, 0.25) is 0 Å². The summed E-state index contributed by atoms with van der Waals surface area (Å²) in [7, 11) is 1.58. The molecule has 2 aromatic carbocycles. The second-order valence-corrected chi connectivity index (χ2v) is 5.08. The van der Waals surface area contributed by atoms with E-state index in [1.54, 1.807) is 42.3 Å². The van der Waals surface area contributed by atoms with Crippen LogP contribution in [0.15, 0.2) is 42.5 Å². The molecule has 0 aromatic heterocycles. The van der Waals surface area contributed by atoms with Gasteiger partial charge in [0.2, 0.25) is 0 Å². The van der Waals surface area contributed by atoms with Crippen molar-refractivity contribution in [1.82, 2.24) is 0 Å². The normalized spacial score (nSPS) is 13.7. The maximum atomic E-state index is 12.7. The van der Waals surface area contributed by atoms with Crippen LogP contribution >= 0.6 is 0 Å².